The van der Waals surface area contributed by atoms with Crippen molar-refractivity contribution in [3.63, 3.8) is 0 Å². The molecule has 0 bridgehead atoms. The molecule has 1 rings (SSSR count). The van der Waals surface area contributed by atoms with Crippen molar-refractivity contribution in [2.75, 3.05) is 0 Å². The zero-order chi connectivity index (χ0) is 12.0. The van der Waals surface area contributed by atoms with Crippen LogP contribution in [0.3, 0.4) is 0 Å². The van der Waals surface area contributed by atoms with Crippen molar-refractivity contribution in [3.05, 3.63) is 28.8 Å². The van der Waals surface area contributed by atoms with Gasteiger partial charge in [-0.05, 0) is 42.0 Å². The molecule has 0 unspecified atom stereocenters. The Morgan fingerprint density at radius 1 is 0.875 bits per heavy atom. The predicted molar refractivity (Wildman–Crippen MR) is 70.1 cm³/mol. The molecule has 0 atom stereocenters. The highest BCUT2D eigenvalue weighted by atomic mass is 16.3. The van der Waals surface area contributed by atoms with E-state index in [1.165, 1.54) is 16.7 Å². The molecule has 16 heavy (non-hydrogen) atoms. The fourth-order valence-corrected chi connectivity index (χ4v) is 2.24. The Morgan fingerprint density at radius 2 is 1.50 bits per heavy atom. The summed E-state index contributed by atoms with van der Waals surface area (Å²) < 4.78 is 0. The summed E-state index contributed by atoms with van der Waals surface area (Å²) in [5.41, 5.74) is 3.81. The van der Waals surface area contributed by atoms with Crippen LogP contribution in [-0.2, 0) is 19.3 Å². The average Bonchev–Trinajstić information content (AvgIpc) is 2.24. The van der Waals surface area contributed by atoms with E-state index in [1.54, 1.807) is 0 Å². The van der Waals surface area contributed by atoms with Gasteiger partial charge in [0.1, 0.15) is 5.75 Å². The average molecular weight is 220 g/mol. The number of aromatic hydroxyl groups is 1. The molecule has 0 aliphatic rings. The van der Waals surface area contributed by atoms with E-state index in [0.29, 0.717) is 5.75 Å². The molecule has 1 nitrogen and oxygen atoms in total. The van der Waals surface area contributed by atoms with E-state index < -0.39 is 0 Å². The SMILES string of the molecule is CCCc1cc(O)c(CCC)c(CCC)c1. The minimum Gasteiger partial charge on any atom is -0.508 e. The van der Waals surface area contributed by atoms with Gasteiger partial charge in [0.2, 0.25) is 0 Å². The summed E-state index contributed by atoms with van der Waals surface area (Å²) in [4.78, 5) is 0. The first-order valence-corrected chi connectivity index (χ1v) is 6.56. The minimum atomic E-state index is 0.510. The molecule has 0 saturated carbocycles. The molecular weight excluding hydrogens is 196 g/mol. The third-order valence-corrected chi connectivity index (χ3v) is 2.94. The van der Waals surface area contributed by atoms with E-state index in [-0.39, 0.29) is 0 Å². The highest BCUT2D eigenvalue weighted by Gasteiger charge is 2.08. The summed E-state index contributed by atoms with van der Waals surface area (Å²) in [6.07, 6.45) is 6.52. The van der Waals surface area contributed by atoms with Crippen LogP contribution in [0.1, 0.15) is 56.7 Å². The minimum absolute atomic E-state index is 0.510. The molecule has 90 valence electrons. The lowest BCUT2D eigenvalue weighted by molar-refractivity contribution is 0.465. The number of benzene rings is 1. The summed E-state index contributed by atoms with van der Waals surface area (Å²) in [6.45, 7) is 6.53. The maximum absolute atomic E-state index is 10.1. The van der Waals surface area contributed by atoms with Crippen LogP contribution >= 0.6 is 0 Å². The van der Waals surface area contributed by atoms with E-state index in [2.05, 4.69) is 26.8 Å². The molecule has 0 radical (unpaired) electrons. The quantitative estimate of drug-likeness (QED) is 0.760. The van der Waals surface area contributed by atoms with Gasteiger partial charge < -0.3 is 5.11 Å². The number of phenolic OH excluding ortho intramolecular Hbond substituents is 1. The Hall–Kier alpha value is -0.980. The molecule has 1 heteroatoms. The lowest BCUT2D eigenvalue weighted by Crippen LogP contribution is -1.97. The molecule has 0 aliphatic heterocycles. The number of hydrogen-bond donors (Lipinski definition) is 1. The van der Waals surface area contributed by atoms with E-state index in [1.807, 2.05) is 6.07 Å². The molecule has 0 aromatic heterocycles. The van der Waals surface area contributed by atoms with E-state index >= 15 is 0 Å². The van der Waals surface area contributed by atoms with Gasteiger partial charge in [-0.1, -0.05) is 46.1 Å². The predicted octanol–water partition coefficient (Wildman–Crippen LogP) is 4.25. The van der Waals surface area contributed by atoms with Crippen LogP contribution in [0.2, 0.25) is 0 Å². The maximum atomic E-state index is 10.1. The van der Waals surface area contributed by atoms with Crippen LogP contribution in [0.25, 0.3) is 0 Å². The molecule has 0 saturated heterocycles. The first kappa shape index (κ1) is 13.1. The fourth-order valence-electron chi connectivity index (χ4n) is 2.24. The molecule has 0 fully saturated rings. The first-order valence-electron chi connectivity index (χ1n) is 6.56. The lowest BCUT2D eigenvalue weighted by Gasteiger charge is -2.13. The van der Waals surface area contributed by atoms with Gasteiger partial charge >= 0.3 is 0 Å². The van der Waals surface area contributed by atoms with Gasteiger partial charge in [0.15, 0.2) is 0 Å². The smallest absolute Gasteiger partial charge is 0.119 e. The highest BCUT2D eigenvalue weighted by molar-refractivity contribution is 5.43. The molecular formula is C15H24O. The Kier molecular flexibility index (Phi) is 5.37. The van der Waals surface area contributed by atoms with E-state index in [0.717, 1.165) is 38.5 Å². The van der Waals surface area contributed by atoms with Gasteiger partial charge in [-0.25, -0.2) is 0 Å². The van der Waals surface area contributed by atoms with Gasteiger partial charge in [-0.3, -0.25) is 0 Å². The Balaban J connectivity index is 3.05. The zero-order valence-corrected chi connectivity index (χ0v) is 10.8. The molecule has 0 heterocycles. The molecule has 0 spiro atoms. The van der Waals surface area contributed by atoms with E-state index in [9.17, 15) is 5.11 Å². The molecule has 1 aromatic carbocycles. The lowest BCUT2D eigenvalue weighted by atomic mass is 9.95. The van der Waals surface area contributed by atoms with Crippen molar-refractivity contribution in [2.24, 2.45) is 0 Å². The Bertz CT molecular complexity index is 328. The normalized spacial score (nSPS) is 10.7. The van der Waals surface area contributed by atoms with Gasteiger partial charge in [-0.2, -0.15) is 0 Å². The van der Waals surface area contributed by atoms with Crippen LogP contribution in [0, 0.1) is 0 Å². The summed E-state index contributed by atoms with van der Waals surface area (Å²) >= 11 is 0. The third kappa shape index (κ3) is 3.26. The molecule has 1 aromatic rings. The van der Waals surface area contributed by atoms with Crippen molar-refractivity contribution in [1.29, 1.82) is 0 Å². The number of hydrogen-bond acceptors (Lipinski definition) is 1. The van der Waals surface area contributed by atoms with Gasteiger partial charge in [0.05, 0.1) is 0 Å². The highest BCUT2D eigenvalue weighted by Crippen LogP contribution is 2.26. The summed E-state index contributed by atoms with van der Waals surface area (Å²) in [5.74, 6) is 0.510. The Labute approximate surface area is 99.5 Å². The topological polar surface area (TPSA) is 20.2 Å². The van der Waals surface area contributed by atoms with E-state index in [4.69, 9.17) is 0 Å². The summed E-state index contributed by atoms with van der Waals surface area (Å²) in [6, 6.07) is 4.24. The third-order valence-electron chi connectivity index (χ3n) is 2.94. The van der Waals surface area contributed by atoms with Crippen LogP contribution in [0.15, 0.2) is 12.1 Å². The second kappa shape index (κ2) is 6.57. The van der Waals surface area contributed by atoms with Crippen molar-refractivity contribution < 1.29 is 5.11 Å². The Morgan fingerprint density at radius 3 is 2.06 bits per heavy atom. The molecule has 1 N–H and O–H groups in total. The monoisotopic (exact) mass is 220 g/mol. The summed E-state index contributed by atoms with van der Waals surface area (Å²) in [7, 11) is 0. The maximum Gasteiger partial charge on any atom is 0.119 e. The second-order valence-electron chi connectivity index (χ2n) is 4.50. The largest absolute Gasteiger partial charge is 0.508 e. The van der Waals surface area contributed by atoms with Crippen molar-refractivity contribution in [2.45, 2.75) is 59.3 Å². The fraction of sp³-hybridized carbons (Fsp3) is 0.600. The van der Waals surface area contributed by atoms with Gasteiger partial charge in [0, 0.05) is 0 Å². The summed E-state index contributed by atoms with van der Waals surface area (Å²) in [5, 5.41) is 10.1. The number of aryl methyl sites for hydroxylation is 2. The van der Waals surface area contributed by atoms with Crippen LogP contribution in [-0.4, -0.2) is 5.11 Å². The second-order valence-corrected chi connectivity index (χ2v) is 4.50. The number of phenols is 1. The number of rotatable bonds is 6. The van der Waals surface area contributed by atoms with Gasteiger partial charge in [-0.15, -0.1) is 0 Å². The van der Waals surface area contributed by atoms with Crippen molar-refractivity contribution in [1.82, 2.24) is 0 Å². The molecule has 0 amide bonds. The van der Waals surface area contributed by atoms with Crippen LogP contribution in [0.4, 0.5) is 0 Å². The zero-order valence-electron chi connectivity index (χ0n) is 10.8. The van der Waals surface area contributed by atoms with Crippen LogP contribution in [0.5, 0.6) is 5.75 Å². The van der Waals surface area contributed by atoms with Gasteiger partial charge in [0.25, 0.3) is 0 Å². The molecule has 0 aliphatic carbocycles. The van der Waals surface area contributed by atoms with Crippen LogP contribution < -0.4 is 0 Å². The standard InChI is InChI=1S/C15H24O/c1-4-7-12-10-13(8-5-2)14(9-6-3)15(16)11-12/h10-11,16H,4-9H2,1-3H3. The van der Waals surface area contributed by atoms with Crippen molar-refractivity contribution >= 4 is 0 Å². The first-order chi connectivity index (χ1) is 7.72. The van der Waals surface area contributed by atoms with Crippen molar-refractivity contribution in [3.8, 4) is 5.75 Å².